The molecule has 4 aromatic rings. The van der Waals surface area contributed by atoms with Gasteiger partial charge in [-0.25, -0.2) is 14.5 Å². The highest BCUT2D eigenvalue weighted by Crippen LogP contribution is 2.18. The van der Waals surface area contributed by atoms with Crippen LogP contribution in [-0.2, 0) is 6.54 Å². The second-order valence-corrected chi connectivity index (χ2v) is 13.3. The average Bonchev–Trinajstić information content (AvgIpc) is 3.92. The summed E-state index contributed by atoms with van der Waals surface area (Å²) in [6, 6.07) is 22.7. The number of fused-ring (bicyclic) bond motifs is 8. The summed E-state index contributed by atoms with van der Waals surface area (Å²) in [4.78, 5) is 16.0. The molecule has 0 saturated heterocycles. The summed E-state index contributed by atoms with van der Waals surface area (Å²) < 4.78 is 2.30. The zero-order valence-corrected chi connectivity index (χ0v) is 29.2. The Labute approximate surface area is 288 Å². The fourth-order valence-electron chi connectivity index (χ4n) is 6.37. The van der Waals surface area contributed by atoms with Crippen LogP contribution < -0.4 is 4.57 Å². The maximum atomic E-state index is 4.62. The maximum absolute atomic E-state index is 4.62. The van der Waals surface area contributed by atoms with E-state index in [2.05, 4.69) is 92.4 Å². The molecular formula is C43H56N5+. The molecule has 0 atom stereocenters. The molecule has 5 heteroatoms. The van der Waals surface area contributed by atoms with Gasteiger partial charge in [-0.3, -0.25) is 0 Å². The van der Waals surface area contributed by atoms with Crippen LogP contribution in [0.1, 0.15) is 132 Å². The molecule has 0 aromatic carbocycles. The van der Waals surface area contributed by atoms with Gasteiger partial charge in [-0.2, -0.15) is 0 Å². The van der Waals surface area contributed by atoms with Crippen molar-refractivity contribution >= 4 is 46.4 Å². The van der Waals surface area contributed by atoms with E-state index in [1.165, 1.54) is 109 Å². The first-order valence-electron chi connectivity index (χ1n) is 18.7. The Balaban J connectivity index is 0.000000188. The average molecular weight is 643 g/mol. The third kappa shape index (κ3) is 12.7. The number of hydrogen-bond acceptors (Lipinski definition) is 2. The molecule has 2 aliphatic heterocycles. The molecular weight excluding hydrogens is 587 g/mol. The number of aromatic amines is 2. The van der Waals surface area contributed by atoms with Gasteiger partial charge in [-0.05, 0) is 79.3 Å². The third-order valence-corrected chi connectivity index (χ3v) is 9.09. The summed E-state index contributed by atoms with van der Waals surface area (Å²) in [7, 11) is 0. The molecule has 48 heavy (non-hydrogen) atoms. The molecule has 8 bridgehead atoms. The predicted octanol–water partition coefficient (Wildman–Crippen LogP) is 11.9. The Kier molecular flexibility index (Phi) is 14.8. The normalized spacial score (nSPS) is 11.9. The van der Waals surface area contributed by atoms with Gasteiger partial charge < -0.3 is 9.97 Å². The number of nitrogens with one attached hydrogen (secondary N) is 2. The van der Waals surface area contributed by atoms with Gasteiger partial charge in [0.2, 0.25) is 0 Å². The second-order valence-electron chi connectivity index (χ2n) is 13.3. The van der Waals surface area contributed by atoms with Crippen LogP contribution in [0.15, 0.2) is 79.1 Å². The van der Waals surface area contributed by atoms with Crippen LogP contribution in [0.25, 0.3) is 46.4 Å². The first-order chi connectivity index (χ1) is 23.7. The molecule has 2 N–H and O–H groups in total. The summed E-state index contributed by atoms with van der Waals surface area (Å²) in [5, 5.41) is 0. The zero-order chi connectivity index (χ0) is 33.1. The standard InChI is InChI=1S/C23H42N.C20H14N4/c1-2-3-4-5-6-7-8-9-10-11-12-13-14-15-16-18-21-24-22-19-17-20-23-24;1-2-14-10-16-5-6-18(23-16)12-20-8-7-19(24-20)11-17-4-3-15(22-17)9-13(1)21-14/h17,19-20,22-23H,2-16,18,21H2,1H3;1-12,21-22H/q+1;. The van der Waals surface area contributed by atoms with Crippen LogP contribution in [0.4, 0.5) is 0 Å². The van der Waals surface area contributed by atoms with Gasteiger partial charge >= 0.3 is 0 Å². The first-order valence-corrected chi connectivity index (χ1v) is 18.7. The van der Waals surface area contributed by atoms with E-state index in [1.54, 1.807) is 0 Å². The molecule has 252 valence electrons. The smallest absolute Gasteiger partial charge is 0.168 e. The van der Waals surface area contributed by atoms with E-state index in [-0.39, 0.29) is 0 Å². The van der Waals surface area contributed by atoms with Crippen molar-refractivity contribution < 1.29 is 4.57 Å². The number of aromatic nitrogens is 5. The molecule has 0 unspecified atom stereocenters. The van der Waals surface area contributed by atoms with Crippen LogP contribution in [0.5, 0.6) is 0 Å². The van der Waals surface area contributed by atoms with Crippen molar-refractivity contribution in [3.8, 4) is 0 Å². The number of hydrogen-bond donors (Lipinski definition) is 2. The minimum absolute atomic E-state index is 0.915. The number of H-pyrrole nitrogens is 2. The SMILES string of the molecule is C1=Cc2cc3ccc(cc4ccc(cc5nc(cc1n2)C=C5)[nH]4)[nH]3.CCCCCCCCCCCCCCCCCC[n+]1ccccc1. The monoisotopic (exact) mass is 642 g/mol. The molecule has 4 aromatic heterocycles. The highest BCUT2D eigenvalue weighted by atomic mass is 14.9. The molecule has 0 fully saturated rings. The number of pyridine rings is 1. The summed E-state index contributed by atoms with van der Waals surface area (Å²) in [5.41, 5.74) is 7.86. The van der Waals surface area contributed by atoms with Crippen molar-refractivity contribution in [2.45, 2.75) is 116 Å². The largest absolute Gasteiger partial charge is 0.355 e. The van der Waals surface area contributed by atoms with Crippen molar-refractivity contribution in [1.29, 1.82) is 0 Å². The minimum atomic E-state index is 0.915. The molecule has 5 nitrogen and oxygen atoms in total. The Morgan fingerprint density at radius 1 is 0.438 bits per heavy atom. The lowest BCUT2D eigenvalue weighted by atomic mass is 10.0. The lowest BCUT2D eigenvalue weighted by molar-refractivity contribution is -0.697. The van der Waals surface area contributed by atoms with E-state index >= 15 is 0 Å². The van der Waals surface area contributed by atoms with Crippen molar-refractivity contribution in [1.82, 2.24) is 19.9 Å². The van der Waals surface area contributed by atoms with E-state index in [1.807, 2.05) is 42.5 Å². The fourth-order valence-corrected chi connectivity index (χ4v) is 6.37. The van der Waals surface area contributed by atoms with Gasteiger partial charge in [0.15, 0.2) is 12.4 Å². The van der Waals surface area contributed by atoms with Crippen molar-refractivity contribution in [2.24, 2.45) is 0 Å². The summed E-state index contributed by atoms with van der Waals surface area (Å²) in [6.45, 7) is 3.48. The quantitative estimate of drug-likeness (QED) is 0.0768. The maximum Gasteiger partial charge on any atom is 0.168 e. The van der Waals surface area contributed by atoms with Gasteiger partial charge in [-0.1, -0.05) is 103 Å². The lowest BCUT2D eigenvalue weighted by Crippen LogP contribution is -2.32. The zero-order valence-electron chi connectivity index (χ0n) is 29.2. The summed E-state index contributed by atoms with van der Waals surface area (Å²) in [5.74, 6) is 0. The van der Waals surface area contributed by atoms with Crippen molar-refractivity contribution in [3.05, 3.63) is 102 Å². The third-order valence-electron chi connectivity index (χ3n) is 9.09. The van der Waals surface area contributed by atoms with E-state index in [0.29, 0.717) is 0 Å². The van der Waals surface area contributed by atoms with E-state index in [4.69, 9.17) is 0 Å². The van der Waals surface area contributed by atoms with Crippen LogP contribution in [0.3, 0.4) is 0 Å². The van der Waals surface area contributed by atoms with Crippen LogP contribution in [0, 0.1) is 0 Å². The van der Waals surface area contributed by atoms with Gasteiger partial charge in [-0.15, -0.1) is 0 Å². The van der Waals surface area contributed by atoms with E-state index in [0.717, 1.165) is 44.8 Å². The minimum Gasteiger partial charge on any atom is -0.355 e. The van der Waals surface area contributed by atoms with Gasteiger partial charge in [0, 0.05) is 40.6 Å². The fraction of sp³-hybridized carbons (Fsp3) is 0.419. The van der Waals surface area contributed by atoms with Crippen LogP contribution >= 0.6 is 0 Å². The topological polar surface area (TPSA) is 61.2 Å². The lowest BCUT2D eigenvalue weighted by Gasteiger charge is -2.03. The van der Waals surface area contributed by atoms with Gasteiger partial charge in [0.1, 0.15) is 6.54 Å². The molecule has 0 saturated carbocycles. The number of rotatable bonds is 17. The Hall–Kier alpha value is -4.25. The van der Waals surface area contributed by atoms with Crippen molar-refractivity contribution in [2.75, 3.05) is 0 Å². The summed E-state index contributed by atoms with van der Waals surface area (Å²) >= 11 is 0. The Bertz CT molecular complexity index is 1640. The number of unbranched alkanes of at least 4 members (excludes halogenated alkanes) is 15. The summed E-state index contributed by atoms with van der Waals surface area (Å²) in [6.07, 6.45) is 35.5. The van der Waals surface area contributed by atoms with Gasteiger partial charge in [0.05, 0.1) is 22.8 Å². The molecule has 0 radical (unpaired) electrons. The Morgan fingerprint density at radius 2 is 0.812 bits per heavy atom. The molecule has 0 spiro atoms. The molecule has 6 heterocycles. The van der Waals surface area contributed by atoms with E-state index in [9.17, 15) is 0 Å². The number of aryl methyl sites for hydroxylation is 1. The van der Waals surface area contributed by atoms with E-state index < -0.39 is 0 Å². The number of nitrogens with zero attached hydrogens (tertiary/aromatic N) is 3. The van der Waals surface area contributed by atoms with Crippen LogP contribution in [-0.4, -0.2) is 19.9 Å². The molecule has 6 rings (SSSR count). The molecule has 0 amide bonds. The second kappa shape index (κ2) is 20.2. The van der Waals surface area contributed by atoms with Gasteiger partial charge in [0.25, 0.3) is 0 Å². The van der Waals surface area contributed by atoms with Crippen LogP contribution in [0.2, 0.25) is 0 Å². The molecule has 2 aliphatic rings. The highest BCUT2D eigenvalue weighted by Gasteiger charge is 2.03. The molecule has 0 aliphatic carbocycles. The highest BCUT2D eigenvalue weighted by molar-refractivity contribution is 5.77. The first kappa shape index (κ1) is 35.1. The Morgan fingerprint density at radius 3 is 1.25 bits per heavy atom. The predicted molar refractivity (Wildman–Crippen MR) is 205 cm³/mol. The van der Waals surface area contributed by atoms with Crippen molar-refractivity contribution in [3.63, 3.8) is 0 Å².